The predicted molar refractivity (Wildman–Crippen MR) is 86.1 cm³/mol. The number of aliphatic hydroxyl groups excluding tert-OH is 1. The third kappa shape index (κ3) is 4.69. The highest BCUT2D eigenvalue weighted by molar-refractivity contribution is 5.91. The average molecular weight is 318 g/mol. The van der Waals surface area contributed by atoms with Gasteiger partial charge < -0.3 is 20.5 Å². The molecule has 2 aromatic rings. The van der Waals surface area contributed by atoms with E-state index in [1.54, 1.807) is 6.07 Å². The lowest BCUT2D eigenvalue weighted by molar-refractivity contribution is 0.175. The van der Waals surface area contributed by atoms with Crippen molar-refractivity contribution in [3.05, 3.63) is 59.4 Å². The van der Waals surface area contributed by atoms with Crippen molar-refractivity contribution in [1.29, 1.82) is 0 Å². The summed E-state index contributed by atoms with van der Waals surface area (Å²) in [5.41, 5.74) is 2.08. The number of hydrogen-bond donors (Lipinski definition) is 3. The first-order valence-electron chi connectivity index (χ1n) is 7.12. The summed E-state index contributed by atoms with van der Waals surface area (Å²) in [7, 11) is 1.52. The first-order chi connectivity index (χ1) is 11.0. The third-order valence-electron chi connectivity index (χ3n) is 3.32. The topological polar surface area (TPSA) is 70.6 Å². The number of carbonyl (C=O) groups excluding carboxylic acids is 1. The molecule has 0 radical (unpaired) electrons. The van der Waals surface area contributed by atoms with E-state index >= 15 is 0 Å². The number of methoxy groups -OCH3 is 1. The SMILES string of the molecule is COc1cc(C)ccc1NC(=O)NCC(O)c1ccc(F)cc1. The summed E-state index contributed by atoms with van der Waals surface area (Å²) in [6, 6.07) is 10.4. The van der Waals surface area contributed by atoms with Gasteiger partial charge in [0.2, 0.25) is 0 Å². The number of anilines is 1. The van der Waals surface area contributed by atoms with Gasteiger partial charge in [-0.15, -0.1) is 0 Å². The second-order valence-corrected chi connectivity index (χ2v) is 5.11. The maximum absolute atomic E-state index is 12.8. The van der Waals surface area contributed by atoms with Crippen LogP contribution in [0.5, 0.6) is 5.75 Å². The lowest BCUT2D eigenvalue weighted by atomic mass is 10.1. The highest BCUT2D eigenvalue weighted by atomic mass is 19.1. The van der Waals surface area contributed by atoms with Gasteiger partial charge in [-0.1, -0.05) is 18.2 Å². The minimum atomic E-state index is -0.915. The Morgan fingerprint density at radius 2 is 1.96 bits per heavy atom. The van der Waals surface area contributed by atoms with Crippen molar-refractivity contribution in [2.45, 2.75) is 13.0 Å². The van der Waals surface area contributed by atoms with Crippen LogP contribution in [0.1, 0.15) is 17.2 Å². The van der Waals surface area contributed by atoms with Crippen LogP contribution >= 0.6 is 0 Å². The van der Waals surface area contributed by atoms with E-state index in [0.717, 1.165) is 5.56 Å². The average Bonchev–Trinajstić information content (AvgIpc) is 2.55. The van der Waals surface area contributed by atoms with Crippen LogP contribution in [0.2, 0.25) is 0 Å². The van der Waals surface area contributed by atoms with Crippen LogP contribution in [0.4, 0.5) is 14.9 Å². The first kappa shape index (κ1) is 16.8. The van der Waals surface area contributed by atoms with Crippen LogP contribution in [0.3, 0.4) is 0 Å². The molecule has 2 rings (SSSR count). The zero-order chi connectivity index (χ0) is 16.8. The lowest BCUT2D eigenvalue weighted by Crippen LogP contribution is -2.32. The summed E-state index contributed by atoms with van der Waals surface area (Å²) in [5.74, 6) is 0.178. The number of rotatable bonds is 5. The molecule has 0 spiro atoms. The minimum Gasteiger partial charge on any atom is -0.495 e. The van der Waals surface area contributed by atoms with E-state index in [0.29, 0.717) is 17.0 Å². The zero-order valence-corrected chi connectivity index (χ0v) is 13.0. The zero-order valence-electron chi connectivity index (χ0n) is 13.0. The molecule has 0 aliphatic rings. The van der Waals surface area contributed by atoms with E-state index in [-0.39, 0.29) is 12.4 Å². The summed E-state index contributed by atoms with van der Waals surface area (Å²) >= 11 is 0. The first-order valence-corrected chi connectivity index (χ1v) is 7.12. The monoisotopic (exact) mass is 318 g/mol. The summed E-state index contributed by atoms with van der Waals surface area (Å²) in [6.45, 7) is 1.93. The Balaban J connectivity index is 1.91. The molecule has 2 aromatic carbocycles. The molecule has 0 saturated carbocycles. The number of halogens is 1. The van der Waals surface area contributed by atoms with E-state index in [2.05, 4.69) is 10.6 Å². The molecule has 6 heteroatoms. The van der Waals surface area contributed by atoms with E-state index in [4.69, 9.17) is 4.74 Å². The Kier molecular flexibility index (Phi) is 5.54. The molecule has 0 saturated heterocycles. The quantitative estimate of drug-likeness (QED) is 0.793. The normalized spacial score (nSPS) is 11.7. The molecule has 5 nitrogen and oxygen atoms in total. The maximum atomic E-state index is 12.8. The van der Waals surface area contributed by atoms with Crippen molar-refractivity contribution >= 4 is 11.7 Å². The summed E-state index contributed by atoms with van der Waals surface area (Å²) in [6.07, 6.45) is -0.915. The van der Waals surface area contributed by atoms with Gasteiger partial charge >= 0.3 is 6.03 Å². The van der Waals surface area contributed by atoms with E-state index < -0.39 is 12.1 Å². The highest BCUT2D eigenvalue weighted by Crippen LogP contribution is 2.25. The van der Waals surface area contributed by atoms with Gasteiger partial charge in [-0.3, -0.25) is 0 Å². The molecule has 1 atom stereocenters. The highest BCUT2D eigenvalue weighted by Gasteiger charge is 2.11. The van der Waals surface area contributed by atoms with Crippen LogP contribution in [0.15, 0.2) is 42.5 Å². The van der Waals surface area contributed by atoms with Gasteiger partial charge in [-0.25, -0.2) is 9.18 Å². The van der Waals surface area contributed by atoms with Crippen LogP contribution in [-0.2, 0) is 0 Å². The summed E-state index contributed by atoms with van der Waals surface area (Å²) < 4.78 is 18.0. The molecule has 122 valence electrons. The molecule has 0 aliphatic carbocycles. The number of nitrogens with one attached hydrogen (secondary N) is 2. The standard InChI is InChI=1S/C17H19FN2O3/c1-11-3-8-14(16(9-11)23-2)20-17(22)19-10-15(21)12-4-6-13(18)7-5-12/h3-9,15,21H,10H2,1-2H3,(H2,19,20,22). The molecule has 0 aliphatic heterocycles. The second kappa shape index (κ2) is 7.60. The minimum absolute atomic E-state index is 0.00560. The van der Waals surface area contributed by atoms with Crippen LogP contribution in [0, 0.1) is 12.7 Å². The van der Waals surface area contributed by atoms with Crippen LogP contribution in [0.25, 0.3) is 0 Å². The number of carbonyl (C=O) groups is 1. The number of hydrogen-bond acceptors (Lipinski definition) is 3. The summed E-state index contributed by atoms with van der Waals surface area (Å²) in [4.78, 5) is 11.9. The number of amides is 2. The molecule has 0 heterocycles. The van der Waals surface area contributed by atoms with Gasteiger partial charge in [-0.2, -0.15) is 0 Å². The Morgan fingerprint density at radius 1 is 1.26 bits per heavy atom. The van der Waals surface area contributed by atoms with Crippen molar-refractivity contribution < 1.29 is 19.0 Å². The summed E-state index contributed by atoms with van der Waals surface area (Å²) in [5, 5.41) is 15.2. The molecule has 0 fully saturated rings. The van der Waals surface area contributed by atoms with Crippen LogP contribution in [-0.4, -0.2) is 24.8 Å². The number of ether oxygens (including phenoxy) is 1. The molecule has 23 heavy (non-hydrogen) atoms. The number of aryl methyl sites for hydroxylation is 1. The van der Waals surface area contributed by atoms with Gasteiger partial charge in [0.25, 0.3) is 0 Å². The molecule has 3 N–H and O–H groups in total. The van der Waals surface area contributed by atoms with Gasteiger partial charge in [0, 0.05) is 6.54 Å². The van der Waals surface area contributed by atoms with Crippen molar-refractivity contribution in [3.63, 3.8) is 0 Å². The van der Waals surface area contributed by atoms with Crippen molar-refractivity contribution in [2.24, 2.45) is 0 Å². The Morgan fingerprint density at radius 3 is 2.61 bits per heavy atom. The fraction of sp³-hybridized carbons (Fsp3) is 0.235. The molecule has 0 bridgehead atoms. The third-order valence-corrected chi connectivity index (χ3v) is 3.32. The van der Waals surface area contributed by atoms with E-state index in [1.165, 1.54) is 31.4 Å². The molecule has 2 amide bonds. The second-order valence-electron chi connectivity index (χ2n) is 5.11. The van der Waals surface area contributed by atoms with Crippen molar-refractivity contribution in [2.75, 3.05) is 19.0 Å². The number of benzene rings is 2. The Labute approximate surface area is 134 Å². The maximum Gasteiger partial charge on any atom is 0.319 e. The predicted octanol–water partition coefficient (Wildman–Crippen LogP) is 3.00. The van der Waals surface area contributed by atoms with Gasteiger partial charge in [0.15, 0.2) is 0 Å². The van der Waals surface area contributed by atoms with Gasteiger partial charge in [0.05, 0.1) is 18.9 Å². The molecule has 1 unspecified atom stereocenters. The largest absolute Gasteiger partial charge is 0.495 e. The van der Waals surface area contributed by atoms with Crippen molar-refractivity contribution in [1.82, 2.24) is 5.32 Å². The molecule has 0 aromatic heterocycles. The number of aliphatic hydroxyl groups is 1. The van der Waals surface area contributed by atoms with E-state index in [9.17, 15) is 14.3 Å². The van der Waals surface area contributed by atoms with Crippen LogP contribution < -0.4 is 15.4 Å². The van der Waals surface area contributed by atoms with Gasteiger partial charge in [-0.05, 0) is 42.3 Å². The Bertz CT molecular complexity index is 674. The molecular formula is C17H19FN2O3. The fourth-order valence-electron chi connectivity index (χ4n) is 2.06. The number of urea groups is 1. The lowest BCUT2D eigenvalue weighted by Gasteiger charge is -2.14. The smallest absolute Gasteiger partial charge is 0.319 e. The van der Waals surface area contributed by atoms with Gasteiger partial charge in [0.1, 0.15) is 11.6 Å². The van der Waals surface area contributed by atoms with Crippen molar-refractivity contribution in [3.8, 4) is 5.75 Å². The molecular weight excluding hydrogens is 299 g/mol. The fourth-order valence-corrected chi connectivity index (χ4v) is 2.06. The Hall–Kier alpha value is -2.60. The van der Waals surface area contributed by atoms with E-state index in [1.807, 2.05) is 19.1 Å².